The molecule has 1 aromatic heterocycles. The van der Waals surface area contributed by atoms with Crippen molar-refractivity contribution in [3.05, 3.63) is 34.5 Å². The van der Waals surface area contributed by atoms with Gasteiger partial charge in [0.1, 0.15) is 6.04 Å². The number of rotatable bonds is 5. The lowest BCUT2D eigenvalue weighted by Crippen LogP contribution is -2.41. The molecule has 1 atom stereocenters. The zero-order chi connectivity index (χ0) is 16.4. The van der Waals surface area contributed by atoms with E-state index in [0.29, 0.717) is 5.39 Å². The highest BCUT2D eigenvalue weighted by atomic mass is 35.5. The number of carbonyl (C=O) groups excluding carboxylic acids is 1. The van der Waals surface area contributed by atoms with Gasteiger partial charge in [-0.2, -0.15) is 0 Å². The first kappa shape index (κ1) is 15.8. The van der Waals surface area contributed by atoms with Crippen LogP contribution in [0.1, 0.15) is 23.0 Å². The molecule has 1 unspecified atom stereocenters. The standard InChI is InChI=1S/C14H12ClNO6/c1-6(17)16-10(13(18)19)5-8-7-3-2-4-9(15)11(7)22-12(8)14(20)21/h2-4,10H,5H2,1H3,(H,16,17)(H,18,19)(H,20,21). The minimum atomic E-state index is -1.34. The monoisotopic (exact) mass is 325 g/mol. The summed E-state index contributed by atoms with van der Waals surface area (Å²) in [5, 5.41) is 21.3. The number of carboxylic acid groups (broad SMARTS) is 2. The molecule has 2 rings (SSSR count). The molecule has 0 aliphatic heterocycles. The number of para-hydroxylation sites is 1. The number of halogens is 1. The second-order valence-electron chi connectivity index (χ2n) is 4.63. The van der Waals surface area contributed by atoms with Crippen molar-refractivity contribution in [2.75, 3.05) is 0 Å². The number of aromatic carboxylic acids is 1. The lowest BCUT2D eigenvalue weighted by molar-refractivity contribution is -0.141. The Morgan fingerprint density at radius 2 is 2.00 bits per heavy atom. The minimum Gasteiger partial charge on any atom is -0.480 e. The number of furan rings is 1. The molecule has 8 heteroatoms. The van der Waals surface area contributed by atoms with Gasteiger partial charge in [0, 0.05) is 24.3 Å². The average molecular weight is 326 g/mol. The smallest absolute Gasteiger partial charge is 0.372 e. The van der Waals surface area contributed by atoms with E-state index in [-0.39, 0.29) is 28.4 Å². The molecule has 0 aliphatic rings. The molecule has 0 saturated heterocycles. The van der Waals surface area contributed by atoms with Crippen molar-refractivity contribution >= 4 is 40.4 Å². The number of aliphatic carboxylic acids is 1. The number of fused-ring (bicyclic) bond motifs is 1. The first-order chi connectivity index (χ1) is 10.3. The lowest BCUT2D eigenvalue weighted by atomic mass is 10.0. The maximum absolute atomic E-state index is 11.3. The highest BCUT2D eigenvalue weighted by Gasteiger charge is 2.27. The number of carboxylic acids is 2. The largest absolute Gasteiger partial charge is 0.480 e. The molecule has 22 heavy (non-hydrogen) atoms. The summed E-state index contributed by atoms with van der Waals surface area (Å²) in [6.45, 7) is 1.18. The van der Waals surface area contributed by atoms with E-state index < -0.39 is 23.9 Å². The van der Waals surface area contributed by atoms with Gasteiger partial charge in [-0.3, -0.25) is 4.79 Å². The van der Waals surface area contributed by atoms with Gasteiger partial charge < -0.3 is 19.9 Å². The van der Waals surface area contributed by atoms with E-state index in [9.17, 15) is 19.5 Å². The SMILES string of the molecule is CC(=O)NC(Cc1c(C(=O)O)oc2c(Cl)cccc12)C(=O)O. The summed E-state index contributed by atoms with van der Waals surface area (Å²) in [5.74, 6) is -3.54. The molecule has 7 nitrogen and oxygen atoms in total. The molecule has 0 radical (unpaired) electrons. The van der Waals surface area contributed by atoms with Crippen LogP contribution >= 0.6 is 11.6 Å². The van der Waals surface area contributed by atoms with Crippen LogP contribution in [0.3, 0.4) is 0 Å². The zero-order valence-corrected chi connectivity index (χ0v) is 12.2. The van der Waals surface area contributed by atoms with E-state index in [4.69, 9.17) is 21.1 Å². The van der Waals surface area contributed by atoms with E-state index in [1.165, 1.54) is 13.0 Å². The summed E-state index contributed by atoms with van der Waals surface area (Å²) in [5.41, 5.74) is 0.342. The number of hydrogen-bond acceptors (Lipinski definition) is 4. The van der Waals surface area contributed by atoms with Crippen LogP contribution < -0.4 is 5.32 Å². The van der Waals surface area contributed by atoms with Crippen LogP contribution in [-0.2, 0) is 16.0 Å². The summed E-state index contributed by atoms with van der Waals surface area (Å²) in [7, 11) is 0. The van der Waals surface area contributed by atoms with Gasteiger partial charge in [0.2, 0.25) is 11.7 Å². The maximum atomic E-state index is 11.3. The zero-order valence-electron chi connectivity index (χ0n) is 11.4. The van der Waals surface area contributed by atoms with E-state index in [2.05, 4.69) is 5.32 Å². The van der Waals surface area contributed by atoms with Gasteiger partial charge in [-0.05, 0) is 6.07 Å². The van der Waals surface area contributed by atoms with Crippen LogP contribution in [0, 0.1) is 0 Å². The molecule has 1 aromatic carbocycles. The Morgan fingerprint density at radius 1 is 1.32 bits per heavy atom. The van der Waals surface area contributed by atoms with Crippen LogP contribution in [0.2, 0.25) is 5.02 Å². The number of benzene rings is 1. The predicted octanol–water partition coefficient (Wildman–Crippen LogP) is 1.92. The maximum Gasteiger partial charge on any atom is 0.372 e. The number of carbonyl (C=O) groups is 3. The van der Waals surface area contributed by atoms with Gasteiger partial charge in [-0.1, -0.05) is 23.7 Å². The fourth-order valence-corrected chi connectivity index (χ4v) is 2.37. The van der Waals surface area contributed by atoms with Crippen molar-refractivity contribution in [2.45, 2.75) is 19.4 Å². The van der Waals surface area contributed by atoms with Crippen molar-refractivity contribution < 1.29 is 29.0 Å². The average Bonchev–Trinajstić information content (AvgIpc) is 2.78. The number of nitrogens with one attached hydrogen (secondary N) is 1. The van der Waals surface area contributed by atoms with Gasteiger partial charge in [0.05, 0.1) is 5.02 Å². The Balaban J connectivity index is 2.55. The third-order valence-electron chi connectivity index (χ3n) is 3.05. The van der Waals surface area contributed by atoms with Gasteiger partial charge in [-0.15, -0.1) is 0 Å². The highest BCUT2D eigenvalue weighted by Crippen LogP contribution is 2.32. The number of hydrogen-bond donors (Lipinski definition) is 3. The highest BCUT2D eigenvalue weighted by molar-refractivity contribution is 6.35. The normalized spacial score (nSPS) is 12.1. The van der Waals surface area contributed by atoms with Crippen LogP contribution in [0.4, 0.5) is 0 Å². The van der Waals surface area contributed by atoms with E-state index in [1.807, 2.05) is 0 Å². The molecule has 0 aliphatic carbocycles. The van der Waals surface area contributed by atoms with Crippen LogP contribution in [0.25, 0.3) is 11.0 Å². The fourth-order valence-electron chi connectivity index (χ4n) is 2.16. The topological polar surface area (TPSA) is 117 Å². The molecule has 0 spiro atoms. The minimum absolute atomic E-state index is 0.170. The Morgan fingerprint density at radius 3 is 2.55 bits per heavy atom. The van der Waals surface area contributed by atoms with Crippen LogP contribution in [0.15, 0.2) is 22.6 Å². The van der Waals surface area contributed by atoms with Crippen molar-refractivity contribution in [2.24, 2.45) is 0 Å². The first-order valence-corrected chi connectivity index (χ1v) is 6.62. The van der Waals surface area contributed by atoms with Crippen molar-refractivity contribution in [1.29, 1.82) is 0 Å². The molecular weight excluding hydrogens is 314 g/mol. The molecule has 1 amide bonds. The van der Waals surface area contributed by atoms with E-state index in [1.54, 1.807) is 12.1 Å². The van der Waals surface area contributed by atoms with Crippen molar-refractivity contribution in [3.63, 3.8) is 0 Å². The van der Waals surface area contributed by atoms with Gasteiger partial charge in [-0.25, -0.2) is 9.59 Å². The Hall–Kier alpha value is -2.54. The van der Waals surface area contributed by atoms with E-state index in [0.717, 1.165) is 0 Å². The summed E-state index contributed by atoms with van der Waals surface area (Å²) in [4.78, 5) is 33.6. The van der Waals surface area contributed by atoms with Gasteiger partial charge in [0.15, 0.2) is 5.58 Å². The van der Waals surface area contributed by atoms with Crippen molar-refractivity contribution in [3.8, 4) is 0 Å². The summed E-state index contributed by atoms with van der Waals surface area (Å²) in [6.07, 6.45) is -0.232. The lowest BCUT2D eigenvalue weighted by Gasteiger charge is -2.12. The third-order valence-corrected chi connectivity index (χ3v) is 3.35. The predicted molar refractivity (Wildman–Crippen MR) is 77.1 cm³/mol. The second kappa shape index (κ2) is 6.07. The quantitative estimate of drug-likeness (QED) is 0.773. The molecule has 3 N–H and O–H groups in total. The van der Waals surface area contributed by atoms with Crippen LogP contribution in [0.5, 0.6) is 0 Å². The molecule has 0 saturated carbocycles. The molecule has 0 bridgehead atoms. The molecule has 116 valence electrons. The third kappa shape index (κ3) is 3.04. The Kier molecular flexibility index (Phi) is 4.37. The molecule has 2 aromatic rings. The summed E-state index contributed by atoms with van der Waals surface area (Å²) >= 11 is 5.96. The molecular formula is C14H12ClNO6. The number of amides is 1. The van der Waals surface area contributed by atoms with Crippen molar-refractivity contribution in [1.82, 2.24) is 5.32 Å². The van der Waals surface area contributed by atoms with Gasteiger partial charge in [0.25, 0.3) is 0 Å². The Bertz CT molecular complexity index is 766. The Labute approximate surface area is 129 Å². The first-order valence-electron chi connectivity index (χ1n) is 6.24. The fraction of sp³-hybridized carbons (Fsp3) is 0.214. The summed E-state index contributed by atoms with van der Waals surface area (Å²) in [6, 6.07) is 3.45. The van der Waals surface area contributed by atoms with Crippen LogP contribution in [-0.4, -0.2) is 34.1 Å². The molecule has 1 heterocycles. The summed E-state index contributed by atoms with van der Waals surface area (Å²) < 4.78 is 5.24. The van der Waals surface area contributed by atoms with Gasteiger partial charge >= 0.3 is 11.9 Å². The second-order valence-corrected chi connectivity index (χ2v) is 5.03. The van der Waals surface area contributed by atoms with E-state index >= 15 is 0 Å². The molecule has 0 fully saturated rings.